The highest BCUT2D eigenvalue weighted by Crippen LogP contribution is 2.15. The molecule has 0 aromatic heterocycles. The van der Waals surface area contributed by atoms with Crippen molar-refractivity contribution < 1.29 is 9.59 Å². The minimum Gasteiger partial charge on any atom is -0.325 e. The van der Waals surface area contributed by atoms with Crippen molar-refractivity contribution in [3.05, 3.63) is 65.2 Å². The maximum atomic E-state index is 12.6. The maximum Gasteiger partial charge on any atom is 0.241 e. The third kappa shape index (κ3) is 5.06. The van der Waals surface area contributed by atoms with E-state index in [1.165, 1.54) is 18.1 Å². The second-order valence-corrected chi connectivity index (χ2v) is 7.54. The van der Waals surface area contributed by atoms with Crippen molar-refractivity contribution in [3.63, 3.8) is 0 Å². The molecular weight excluding hydrogens is 350 g/mol. The number of nitrogens with zero attached hydrogens (tertiary/aromatic N) is 2. The Kier molecular flexibility index (Phi) is 6.60. The van der Waals surface area contributed by atoms with E-state index in [1.54, 1.807) is 24.3 Å². The van der Waals surface area contributed by atoms with Gasteiger partial charge in [0, 0.05) is 44.0 Å². The number of piperazine rings is 1. The molecule has 3 rings (SSSR count). The van der Waals surface area contributed by atoms with Crippen molar-refractivity contribution in [2.45, 2.75) is 33.4 Å². The Bertz CT molecular complexity index is 824. The van der Waals surface area contributed by atoms with Crippen molar-refractivity contribution in [2.75, 3.05) is 31.5 Å². The van der Waals surface area contributed by atoms with Gasteiger partial charge < -0.3 is 5.32 Å². The van der Waals surface area contributed by atoms with E-state index in [-0.39, 0.29) is 17.7 Å². The summed E-state index contributed by atoms with van der Waals surface area (Å²) in [6, 6.07) is 15.4. The van der Waals surface area contributed by atoms with E-state index in [4.69, 9.17) is 0 Å². The lowest BCUT2D eigenvalue weighted by molar-refractivity contribution is -0.121. The molecule has 1 fully saturated rings. The van der Waals surface area contributed by atoms with Crippen LogP contribution in [-0.2, 0) is 11.3 Å². The number of Topliss-reactive ketones (excluding diaryl/α,β-unsaturated/α-hetero) is 1. The van der Waals surface area contributed by atoms with Gasteiger partial charge in [-0.25, -0.2) is 0 Å². The van der Waals surface area contributed by atoms with E-state index in [0.717, 1.165) is 38.4 Å². The Balaban J connectivity index is 1.50. The summed E-state index contributed by atoms with van der Waals surface area (Å²) in [5.41, 5.74) is 4.07. The SMILES string of the molecule is CC(=O)c1ccc(NC(=O)[C@H](C)N2CCN(Cc3ccccc3C)CC2)cc1. The van der Waals surface area contributed by atoms with Gasteiger partial charge in [0.2, 0.25) is 5.91 Å². The van der Waals surface area contributed by atoms with Crippen LogP contribution >= 0.6 is 0 Å². The molecule has 1 aliphatic rings. The van der Waals surface area contributed by atoms with Gasteiger partial charge in [-0.1, -0.05) is 24.3 Å². The average Bonchev–Trinajstić information content (AvgIpc) is 2.70. The first kappa shape index (κ1) is 20.2. The van der Waals surface area contributed by atoms with E-state index < -0.39 is 0 Å². The zero-order chi connectivity index (χ0) is 20.1. The molecule has 0 unspecified atom stereocenters. The molecule has 2 aromatic carbocycles. The minimum atomic E-state index is -0.187. The molecule has 1 N–H and O–H groups in total. The molecule has 1 aliphatic heterocycles. The number of carbonyl (C=O) groups excluding carboxylic acids is 2. The van der Waals surface area contributed by atoms with Crippen LogP contribution in [0.4, 0.5) is 5.69 Å². The van der Waals surface area contributed by atoms with Crippen LogP contribution in [0.2, 0.25) is 0 Å². The topological polar surface area (TPSA) is 52.7 Å². The van der Waals surface area contributed by atoms with Crippen molar-refractivity contribution in [1.29, 1.82) is 0 Å². The Morgan fingerprint density at radius 2 is 1.64 bits per heavy atom. The summed E-state index contributed by atoms with van der Waals surface area (Å²) in [4.78, 5) is 28.6. The Morgan fingerprint density at radius 3 is 2.25 bits per heavy atom. The fourth-order valence-corrected chi connectivity index (χ4v) is 3.54. The number of benzene rings is 2. The van der Waals surface area contributed by atoms with E-state index in [2.05, 4.69) is 46.3 Å². The molecular formula is C23H29N3O2. The van der Waals surface area contributed by atoms with E-state index in [9.17, 15) is 9.59 Å². The van der Waals surface area contributed by atoms with Crippen molar-refractivity contribution >= 4 is 17.4 Å². The van der Waals surface area contributed by atoms with Crippen LogP contribution in [0, 0.1) is 6.92 Å². The maximum absolute atomic E-state index is 12.6. The molecule has 5 heteroatoms. The molecule has 1 heterocycles. The van der Waals surface area contributed by atoms with Gasteiger partial charge in [-0.2, -0.15) is 0 Å². The number of amides is 1. The number of rotatable bonds is 6. The fraction of sp³-hybridized carbons (Fsp3) is 0.391. The second-order valence-electron chi connectivity index (χ2n) is 7.54. The fourth-order valence-electron chi connectivity index (χ4n) is 3.54. The van der Waals surface area contributed by atoms with Gasteiger partial charge in [0.25, 0.3) is 0 Å². The predicted octanol–water partition coefficient (Wildman–Crippen LogP) is 3.34. The number of anilines is 1. The second kappa shape index (κ2) is 9.13. The zero-order valence-electron chi connectivity index (χ0n) is 16.9. The summed E-state index contributed by atoms with van der Waals surface area (Å²) in [5.74, 6) is 0.0118. The molecule has 1 atom stereocenters. The highest BCUT2D eigenvalue weighted by atomic mass is 16.2. The van der Waals surface area contributed by atoms with E-state index in [0.29, 0.717) is 5.56 Å². The predicted molar refractivity (Wildman–Crippen MR) is 113 cm³/mol. The Hall–Kier alpha value is -2.50. The number of hydrogen-bond acceptors (Lipinski definition) is 4. The third-order valence-corrected chi connectivity index (χ3v) is 5.55. The number of ketones is 1. The summed E-state index contributed by atoms with van der Waals surface area (Å²) in [6.07, 6.45) is 0. The normalized spacial score (nSPS) is 16.5. The molecule has 28 heavy (non-hydrogen) atoms. The molecule has 0 aliphatic carbocycles. The number of nitrogens with one attached hydrogen (secondary N) is 1. The molecule has 0 bridgehead atoms. The van der Waals surface area contributed by atoms with Crippen LogP contribution in [0.3, 0.4) is 0 Å². The van der Waals surface area contributed by atoms with Crippen molar-refractivity contribution in [2.24, 2.45) is 0 Å². The zero-order valence-corrected chi connectivity index (χ0v) is 16.9. The first-order valence-electron chi connectivity index (χ1n) is 9.87. The van der Waals surface area contributed by atoms with Gasteiger partial charge >= 0.3 is 0 Å². The van der Waals surface area contributed by atoms with Gasteiger partial charge in [-0.15, -0.1) is 0 Å². The Labute approximate surface area is 167 Å². The lowest BCUT2D eigenvalue weighted by atomic mass is 10.1. The first-order chi connectivity index (χ1) is 13.4. The van der Waals surface area contributed by atoms with Crippen LogP contribution in [0.25, 0.3) is 0 Å². The third-order valence-electron chi connectivity index (χ3n) is 5.55. The van der Waals surface area contributed by atoms with Gasteiger partial charge in [0.15, 0.2) is 5.78 Å². The van der Waals surface area contributed by atoms with Crippen LogP contribution in [0.5, 0.6) is 0 Å². The van der Waals surface area contributed by atoms with Gasteiger partial charge in [0.05, 0.1) is 6.04 Å². The standard InChI is InChI=1S/C23H29N3O2/c1-17-6-4-5-7-21(17)16-25-12-14-26(15-13-25)18(2)23(28)24-22-10-8-20(9-11-22)19(3)27/h4-11,18H,12-16H2,1-3H3,(H,24,28)/t18-/m0/s1. The molecule has 1 saturated heterocycles. The lowest BCUT2D eigenvalue weighted by Gasteiger charge is -2.37. The summed E-state index contributed by atoms with van der Waals surface area (Å²) in [7, 11) is 0. The van der Waals surface area contributed by atoms with Crippen molar-refractivity contribution in [1.82, 2.24) is 9.80 Å². The molecule has 0 radical (unpaired) electrons. The molecule has 2 aromatic rings. The number of hydrogen-bond donors (Lipinski definition) is 1. The van der Waals surface area contributed by atoms with E-state index >= 15 is 0 Å². The Morgan fingerprint density at radius 1 is 1.00 bits per heavy atom. The molecule has 1 amide bonds. The largest absolute Gasteiger partial charge is 0.325 e. The summed E-state index contributed by atoms with van der Waals surface area (Å²) in [6.45, 7) is 10.3. The summed E-state index contributed by atoms with van der Waals surface area (Å²) >= 11 is 0. The smallest absolute Gasteiger partial charge is 0.241 e. The highest BCUT2D eigenvalue weighted by Gasteiger charge is 2.25. The van der Waals surface area contributed by atoms with Crippen LogP contribution in [0.1, 0.15) is 35.3 Å². The van der Waals surface area contributed by atoms with Crippen LogP contribution < -0.4 is 5.32 Å². The average molecular weight is 380 g/mol. The van der Waals surface area contributed by atoms with E-state index in [1.807, 2.05) is 6.92 Å². The van der Waals surface area contributed by atoms with Crippen LogP contribution in [0.15, 0.2) is 48.5 Å². The summed E-state index contributed by atoms with van der Waals surface area (Å²) in [5, 5.41) is 2.96. The van der Waals surface area contributed by atoms with Crippen LogP contribution in [-0.4, -0.2) is 53.7 Å². The quantitative estimate of drug-likeness (QED) is 0.782. The molecule has 0 spiro atoms. The molecule has 148 valence electrons. The van der Waals surface area contributed by atoms with Gasteiger partial charge in [0.1, 0.15) is 0 Å². The summed E-state index contributed by atoms with van der Waals surface area (Å²) < 4.78 is 0. The molecule has 0 saturated carbocycles. The van der Waals surface area contributed by atoms with Gasteiger partial charge in [-0.3, -0.25) is 19.4 Å². The highest BCUT2D eigenvalue weighted by molar-refractivity contribution is 5.96. The van der Waals surface area contributed by atoms with Crippen molar-refractivity contribution in [3.8, 4) is 0 Å². The minimum absolute atomic E-state index is 0.0112. The number of aryl methyl sites for hydroxylation is 1. The van der Waals surface area contributed by atoms with Gasteiger partial charge in [-0.05, 0) is 56.2 Å². The monoisotopic (exact) mass is 379 g/mol. The number of carbonyl (C=O) groups is 2. The molecule has 5 nitrogen and oxygen atoms in total. The first-order valence-corrected chi connectivity index (χ1v) is 9.87. The lowest BCUT2D eigenvalue weighted by Crippen LogP contribution is -2.52.